The van der Waals surface area contributed by atoms with Crippen molar-refractivity contribution < 1.29 is 4.79 Å². The van der Waals surface area contributed by atoms with Gasteiger partial charge in [-0.15, -0.1) is 0 Å². The van der Waals surface area contributed by atoms with E-state index in [1.807, 2.05) is 0 Å². The van der Waals surface area contributed by atoms with Crippen LogP contribution >= 0.6 is 0 Å². The van der Waals surface area contributed by atoms with Crippen molar-refractivity contribution >= 4 is 5.91 Å². The Bertz CT molecular complexity index is 273. The predicted molar refractivity (Wildman–Crippen MR) is 80.3 cm³/mol. The Kier molecular flexibility index (Phi) is 6.80. The van der Waals surface area contributed by atoms with Gasteiger partial charge in [-0.1, -0.05) is 13.3 Å². The van der Waals surface area contributed by atoms with Gasteiger partial charge >= 0.3 is 0 Å². The second-order valence-corrected chi connectivity index (χ2v) is 6.05. The maximum absolute atomic E-state index is 12.3. The standard InChI is InChI=1S/C15H31N3O/c1-5-8-15(9-6-11-17-15)14(19)16-10-7-12-18(4)13(2)3/h13,17H,5-12H2,1-4H3,(H,16,19). The summed E-state index contributed by atoms with van der Waals surface area (Å²) in [6.45, 7) is 9.32. The van der Waals surface area contributed by atoms with Crippen LogP contribution in [0.1, 0.15) is 52.9 Å². The summed E-state index contributed by atoms with van der Waals surface area (Å²) >= 11 is 0. The molecule has 1 rings (SSSR count). The molecule has 1 fully saturated rings. The molecule has 4 heteroatoms. The normalized spacial score (nSPS) is 23.3. The fourth-order valence-electron chi connectivity index (χ4n) is 2.71. The van der Waals surface area contributed by atoms with Crippen LogP contribution in [0.5, 0.6) is 0 Å². The van der Waals surface area contributed by atoms with Gasteiger partial charge in [0.05, 0.1) is 5.54 Å². The SMILES string of the molecule is CCCC1(C(=O)NCCCN(C)C(C)C)CCCN1. The van der Waals surface area contributed by atoms with Crippen LogP contribution in [0.25, 0.3) is 0 Å². The molecule has 0 saturated carbocycles. The maximum atomic E-state index is 12.3. The molecule has 2 N–H and O–H groups in total. The predicted octanol–water partition coefficient (Wildman–Crippen LogP) is 1.76. The van der Waals surface area contributed by atoms with Gasteiger partial charge in [-0.3, -0.25) is 4.79 Å². The van der Waals surface area contributed by atoms with Crippen LogP contribution in [0.3, 0.4) is 0 Å². The van der Waals surface area contributed by atoms with Gasteiger partial charge in [0.25, 0.3) is 0 Å². The molecule has 0 aromatic rings. The second-order valence-electron chi connectivity index (χ2n) is 6.05. The van der Waals surface area contributed by atoms with Gasteiger partial charge in [0.15, 0.2) is 0 Å². The minimum atomic E-state index is -0.279. The number of carbonyl (C=O) groups is 1. The summed E-state index contributed by atoms with van der Waals surface area (Å²) in [4.78, 5) is 14.7. The zero-order valence-electron chi connectivity index (χ0n) is 13.1. The second kappa shape index (κ2) is 7.85. The van der Waals surface area contributed by atoms with Crippen molar-refractivity contribution in [1.29, 1.82) is 0 Å². The Morgan fingerprint density at radius 2 is 2.21 bits per heavy atom. The Morgan fingerprint density at radius 1 is 1.47 bits per heavy atom. The van der Waals surface area contributed by atoms with Crippen LogP contribution < -0.4 is 10.6 Å². The van der Waals surface area contributed by atoms with Crippen molar-refractivity contribution in [2.45, 2.75) is 64.5 Å². The lowest BCUT2D eigenvalue weighted by Gasteiger charge is -2.28. The molecule has 0 radical (unpaired) electrons. The van der Waals surface area contributed by atoms with Crippen molar-refractivity contribution in [2.75, 3.05) is 26.7 Å². The van der Waals surface area contributed by atoms with E-state index in [-0.39, 0.29) is 11.4 Å². The van der Waals surface area contributed by atoms with E-state index in [1.165, 1.54) is 0 Å². The molecule has 0 bridgehead atoms. The fourth-order valence-corrected chi connectivity index (χ4v) is 2.71. The first kappa shape index (κ1) is 16.4. The molecule has 0 aromatic heterocycles. The van der Waals surface area contributed by atoms with Crippen LogP contribution in [-0.2, 0) is 4.79 Å². The Morgan fingerprint density at radius 3 is 2.74 bits per heavy atom. The highest BCUT2D eigenvalue weighted by Crippen LogP contribution is 2.24. The van der Waals surface area contributed by atoms with Gasteiger partial charge in [0.1, 0.15) is 0 Å². The first-order valence-corrected chi connectivity index (χ1v) is 7.75. The average molecular weight is 269 g/mol. The zero-order chi connectivity index (χ0) is 14.3. The van der Waals surface area contributed by atoms with E-state index in [1.54, 1.807) is 0 Å². The summed E-state index contributed by atoms with van der Waals surface area (Å²) in [6.07, 6.45) is 5.12. The third kappa shape index (κ3) is 4.77. The van der Waals surface area contributed by atoms with Crippen LogP contribution in [0.2, 0.25) is 0 Å². The highest BCUT2D eigenvalue weighted by Gasteiger charge is 2.39. The number of carbonyl (C=O) groups excluding carboxylic acids is 1. The number of rotatable bonds is 8. The minimum absolute atomic E-state index is 0.207. The fraction of sp³-hybridized carbons (Fsp3) is 0.933. The molecule has 19 heavy (non-hydrogen) atoms. The number of amides is 1. The van der Waals surface area contributed by atoms with Crippen molar-refractivity contribution in [3.8, 4) is 0 Å². The molecule has 4 nitrogen and oxygen atoms in total. The van der Waals surface area contributed by atoms with Gasteiger partial charge in [-0.05, 0) is 59.7 Å². The first-order chi connectivity index (χ1) is 9.02. The topological polar surface area (TPSA) is 44.4 Å². The molecule has 0 aromatic carbocycles. The molecule has 0 aliphatic carbocycles. The van der Waals surface area contributed by atoms with E-state index >= 15 is 0 Å². The van der Waals surface area contributed by atoms with Gasteiger partial charge in [-0.2, -0.15) is 0 Å². The number of nitrogens with zero attached hydrogens (tertiary/aromatic N) is 1. The van der Waals surface area contributed by atoms with E-state index in [0.717, 1.165) is 51.7 Å². The van der Waals surface area contributed by atoms with E-state index in [9.17, 15) is 4.79 Å². The Hall–Kier alpha value is -0.610. The largest absolute Gasteiger partial charge is 0.354 e. The number of nitrogens with one attached hydrogen (secondary N) is 2. The zero-order valence-corrected chi connectivity index (χ0v) is 13.1. The summed E-state index contributed by atoms with van der Waals surface area (Å²) in [7, 11) is 2.13. The highest BCUT2D eigenvalue weighted by atomic mass is 16.2. The van der Waals surface area contributed by atoms with E-state index in [2.05, 4.69) is 43.4 Å². The van der Waals surface area contributed by atoms with Crippen LogP contribution in [0.15, 0.2) is 0 Å². The van der Waals surface area contributed by atoms with Crippen LogP contribution in [0.4, 0.5) is 0 Å². The Balaban J connectivity index is 2.29. The third-order valence-electron chi connectivity index (χ3n) is 4.21. The molecule has 1 unspecified atom stereocenters. The maximum Gasteiger partial charge on any atom is 0.240 e. The van der Waals surface area contributed by atoms with Gasteiger partial charge in [0, 0.05) is 12.6 Å². The number of hydrogen-bond acceptors (Lipinski definition) is 3. The lowest BCUT2D eigenvalue weighted by atomic mass is 9.91. The molecular formula is C15H31N3O. The quantitative estimate of drug-likeness (QED) is 0.660. The van der Waals surface area contributed by atoms with E-state index < -0.39 is 0 Å². The van der Waals surface area contributed by atoms with E-state index in [4.69, 9.17) is 0 Å². The van der Waals surface area contributed by atoms with Crippen molar-refractivity contribution in [3.63, 3.8) is 0 Å². The molecule has 1 atom stereocenters. The lowest BCUT2D eigenvalue weighted by Crippen LogP contribution is -2.53. The summed E-state index contributed by atoms with van der Waals surface area (Å²) < 4.78 is 0. The lowest BCUT2D eigenvalue weighted by molar-refractivity contribution is -0.127. The van der Waals surface area contributed by atoms with Gasteiger partial charge in [0.2, 0.25) is 5.91 Å². The smallest absolute Gasteiger partial charge is 0.240 e. The summed E-state index contributed by atoms with van der Waals surface area (Å²) in [5, 5.41) is 6.53. The molecule has 1 amide bonds. The van der Waals surface area contributed by atoms with Crippen molar-refractivity contribution in [1.82, 2.24) is 15.5 Å². The number of hydrogen-bond donors (Lipinski definition) is 2. The summed E-state index contributed by atoms with van der Waals surface area (Å²) in [5.41, 5.74) is -0.279. The molecule has 1 saturated heterocycles. The van der Waals surface area contributed by atoms with Crippen molar-refractivity contribution in [3.05, 3.63) is 0 Å². The minimum Gasteiger partial charge on any atom is -0.354 e. The van der Waals surface area contributed by atoms with Crippen molar-refractivity contribution in [2.24, 2.45) is 0 Å². The third-order valence-corrected chi connectivity index (χ3v) is 4.21. The molecule has 0 spiro atoms. The molecule has 1 aliphatic rings. The summed E-state index contributed by atoms with van der Waals surface area (Å²) in [5.74, 6) is 0.207. The first-order valence-electron chi connectivity index (χ1n) is 7.75. The molecule has 1 heterocycles. The van der Waals surface area contributed by atoms with E-state index in [0.29, 0.717) is 6.04 Å². The summed E-state index contributed by atoms with van der Waals surface area (Å²) in [6, 6.07) is 0.568. The van der Waals surface area contributed by atoms with Gasteiger partial charge < -0.3 is 15.5 Å². The van der Waals surface area contributed by atoms with Crippen LogP contribution in [-0.4, -0.2) is 49.1 Å². The highest BCUT2D eigenvalue weighted by molar-refractivity contribution is 5.86. The monoisotopic (exact) mass is 269 g/mol. The van der Waals surface area contributed by atoms with Crippen LogP contribution in [0, 0.1) is 0 Å². The van der Waals surface area contributed by atoms with Gasteiger partial charge in [-0.25, -0.2) is 0 Å². The molecule has 112 valence electrons. The molecular weight excluding hydrogens is 238 g/mol. The Labute approximate surface area is 118 Å². The molecule has 1 aliphatic heterocycles. The average Bonchev–Trinajstić information content (AvgIpc) is 2.84.